The maximum atomic E-state index is 11.9. The Labute approximate surface area is 132 Å². The zero-order valence-electron chi connectivity index (χ0n) is 12.7. The molecule has 1 aromatic carbocycles. The van der Waals surface area contributed by atoms with Gasteiger partial charge < -0.3 is 34.6 Å². The second-order valence-corrected chi connectivity index (χ2v) is 5.19. The lowest BCUT2D eigenvalue weighted by Crippen LogP contribution is -2.55. The van der Waals surface area contributed by atoms with Crippen molar-refractivity contribution >= 4 is 5.97 Å². The highest BCUT2D eigenvalue weighted by Crippen LogP contribution is 2.35. The van der Waals surface area contributed by atoms with E-state index in [1.165, 1.54) is 26.4 Å². The smallest absolute Gasteiger partial charge is 0.338 e. The highest BCUT2D eigenvalue weighted by molar-refractivity contribution is 5.91. The van der Waals surface area contributed by atoms with Crippen LogP contribution in [0.3, 0.4) is 0 Å². The molecule has 2 rings (SSSR count). The van der Waals surface area contributed by atoms with Gasteiger partial charge in [-0.15, -0.1) is 0 Å². The van der Waals surface area contributed by atoms with Gasteiger partial charge in [0.2, 0.25) is 0 Å². The first-order valence-corrected chi connectivity index (χ1v) is 7.01. The molecule has 128 valence electrons. The van der Waals surface area contributed by atoms with E-state index in [0.29, 0.717) is 5.75 Å². The summed E-state index contributed by atoms with van der Waals surface area (Å²) in [4.78, 5) is 11.9. The van der Waals surface area contributed by atoms with Crippen LogP contribution in [0.5, 0.6) is 5.75 Å². The van der Waals surface area contributed by atoms with Crippen LogP contribution in [0.15, 0.2) is 18.2 Å². The number of hydrogen-bond acceptors (Lipinski definition) is 8. The van der Waals surface area contributed by atoms with E-state index in [9.17, 15) is 25.2 Å². The molecule has 0 aliphatic carbocycles. The standard InChI is InChI=1S/C15H20O8/c1-21-7-3-4-8(15(20)22-2)9(5-7)14-13(19)12(18)11(17)10(6-16)23-14/h3-5,10-14,16-19H,6H2,1-2H3/t10-,11-,12+,13-,14?/m1/s1. The first-order chi connectivity index (χ1) is 10.9. The molecule has 0 radical (unpaired) electrons. The number of hydrogen-bond donors (Lipinski definition) is 4. The van der Waals surface area contributed by atoms with Crippen LogP contribution in [0.2, 0.25) is 0 Å². The Balaban J connectivity index is 2.47. The normalized spacial score (nSPS) is 30.8. The molecule has 0 saturated carbocycles. The molecule has 0 spiro atoms. The lowest BCUT2D eigenvalue weighted by Gasteiger charge is -2.40. The zero-order valence-corrected chi connectivity index (χ0v) is 12.7. The summed E-state index contributed by atoms with van der Waals surface area (Å²) >= 11 is 0. The average molecular weight is 328 g/mol. The van der Waals surface area contributed by atoms with E-state index in [2.05, 4.69) is 0 Å². The third kappa shape index (κ3) is 3.31. The number of methoxy groups -OCH3 is 2. The molecule has 0 aromatic heterocycles. The SMILES string of the molecule is COC(=O)c1ccc(OC)cc1C1O[C@H](CO)[C@@H](O)[C@H](O)[C@H]1O. The fourth-order valence-electron chi connectivity index (χ4n) is 2.56. The van der Waals surface area contributed by atoms with Crippen molar-refractivity contribution in [3.8, 4) is 5.75 Å². The summed E-state index contributed by atoms with van der Waals surface area (Å²) in [5.74, 6) is -0.246. The maximum absolute atomic E-state index is 11.9. The van der Waals surface area contributed by atoms with Gasteiger partial charge in [0.05, 0.1) is 26.4 Å². The van der Waals surface area contributed by atoms with Gasteiger partial charge in [-0.25, -0.2) is 4.79 Å². The van der Waals surface area contributed by atoms with Gasteiger partial charge in [-0.2, -0.15) is 0 Å². The van der Waals surface area contributed by atoms with Crippen molar-refractivity contribution in [2.45, 2.75) is 30.5 Å². The average Bonchev–Trinajstić information content (AvgIpc) is 2.58. The van der Waals surface area contributed by atoms with Crippen LogP contribution in [0, 0.1) is 0 Å². The molecule has 1 aliphatic rings. The molecule has 8 nitrogen and oxygen atoms in total. The van der Waals surface area contributed by atoms with Crippen molar-refractivity contribution in [1.82, 2.24) is 0 Å². The van der Waals surface area contributed by atoms with E-state index in [1.807, 2.05) is 0 Å². The molecule has 23 heavy (non-hydrogen) atoms. The molecule has 1 aromatic rings. The van der Waals surface area contributed by atoms with E-state index in [1.54, 1.807) is 6.07 Å². The predicted molar refractivity (Wildman–Crippen MR) is 77.1 cm³/mol. The largest absolute Gasteiger partial charge is 0.497 e. The number of rotatable bonds is 4. The van der Waals surface area contributed by atoms with Crippen molar-refractivity contribution in [3.05, 3.63) is 29.3 Å². The lowest BCUT2D eigenvalue weighted by atomic mass is 9.89. The van der Waals surface area contributed by atoms with Gasteiger partial charge in [-0.3, -0.25) is 0 Å². The summed E-state index contributed by atoms with van der Waals surface area (Å²) in [7, 11) is 2.65. The monoisotopic (exact) mass is 328 g/mol. The summed E-state index contributed by atoms with van der Waals surface area (Å²) in [6.07, 6.45) is -6.73. The first-order valence-electron chi connectivity index (χ1n) is 7.01. The molecule has 0 amide bonds. The Bertz CT molecular complexity index is 558. The molecule has 8 heteroatoms. The summed E-state index contributed by atoms with van der Waals surface area (Å²) in [6, 6.07) is 4.46. The van der Waals surface area contributed by atoms with Gasteiger partial charge >= 0.3 is 5.97 Å². The molecule has 5 atom stereocenters. The minimum Gasteiger partial charge on any atom is -0.497 e. The maximum Gasteiger partial charge on any atom is 0.338 e. The van der Waals surface area contributed by atoms with Crippen LogP contribution in [0.25, 0.3) is 0 Å². The Morgan fingerprint density at radius 2 is 1.87 bits per heavy atom. The summed E-state index contributed by atoms with van der Waals surface area (Å²) in [6.45, 7) is -0.557. The number of carbonyl (C=O) groups is 1. The first kappa shape index (κ1) is 17.6. The van der Waals surface area contributed by atoms with Gasteiger partial charge in [0.25, 0.3) is 0 Å². The van der Waals surface area contributed by atoms with Gasteiger partial charge in [0, 0.05) is 5.56 Å². The van der Waals surface area contributed by atoms with Gasteiger partial charge in [0.15, 0.2) is 0 Å². The number of aliphatic hydroxyl groups excluding tert-OH is 4. The van der Waals surface area contributed by atoms with Crippen molar-refractivity contribution < 1.29 is 39.4 Å². The summed E-state index contributed by atoms with van der Waals surface area (Å²) < 4.78 is 15.3. The van der Waals surface area contributed by atoms with E-state index >= 15 is 0 Å². The number of benzene rings is 1. The van der Waals surface area contributed by atoms with Gasteiger partial charge in [0.1, 0.15) is 36.3 Å². The minimum atomic E-state index is -1.54. The molecule has 0 bridgehead atoms. The van der Waals surface area contributed by atoms with E-state index in [0.717, 1.165) is 0 Å². The molecular formula is C15H20O8. The van der Waals surface area contributed by atoms with Crippen molar-refractivity contribution in [2.24, 2.45) is 0 Å². The Morgan fingerprint density at radius 1 is 1.17 bits per heavy atom. The molecule has 1 saturated heterocycles. The topological polar surface area (TPSA) is 126 Å². The van der Waals surface area contributed by atoms with Crippen molar-refractivity contribution in [2.75, 3.05) is 20.8 Å². The fraction of sp³-hybridized carbons (Fsp3) is 0.533. The number of aliphatic hydroxyl groups is 4. The molecule has 1 aliphatic heterocycles. The van der Waals surface area contributed by atoms with Crippen LogP contribution in [-0.2, 0) is 9.47 Å². The second-order valence-electron chi connectivity index (χ2n) is 5.19. The Kier molecular flexibility index (Phi) is 5.55. The predicted octanol–water partition coefficient (Wildman–Crippen LogP) is -1.00. The minimum absolute atomic E-state index is 0.123. The van der Waals surface area contributed by atoms with E-state index in [-0.39, 0.29) is 11.1 Å². The van der Waals surface area contributed by atoms with Crippen molar-refractivity contribution in [3.63, 3.8) is 0 Å². The van der Waals surface area contributed by atoms with Gasteiger partial charge in [-0.05, 0) is 18.2 Å². The highest BCUT2D eigenvalue weighted by atomic mass is 16.5. The van der Waals surface area contributed by atoms with Crippen LogP contribution < -0.4 is 4.74 Å². The third-order valence-electron chi connectivity index (χ3n) is 3.86. The quantitative estimate of drug-likeness (QED) is 0.519. The molecule has 1 heterocycles. The summed E-state index contributed by atoms with van der Waals surface area (Å²) in [5, 5.41) is 39.2. The van der Waals surface area contributed by atoms with Crippen LogP contribution in [-0.4, -0.2) is 71.6 Å². The molecule has 4 N–H and O–H groups in total. The Morgan fingerprint density at radius 3 is 2.43 bits per heavy atom. The molecule has 1 unspecified atom stereocenters. The van der Waals surface area contributed by atoms with Crippen molar-refractivity contribution in [1.29, 1.82) is 0 Å². The lowest BCUT2D eigenvalue weighted by molar-refractivity contribution is -0.231. The van der Waals surface area contributed by atoms with E-state index < -0.39 is 43.1 Å². The third-order valence-corrected chi connectivity index (χ3v) is 3.86. The highest BCUT2D eigenvalue weighted by Gasteiger charge is 2.45. The summed E-state index contributed by atoms with van der Waals surface area (Å²) in [5.41, 5.74) is 0.353. The fourth-order valence-corrected chi connectivity index (χ4v) is 2.56. The van der Waals surface area contributed by atoms with Crippen LogP contribution in [0.1, 0.15) is 22.0 Å². The van der Waals surface area contributed by atoms with Crippen LogP contribution in [0.4, 0.5) is 0 Å². The zero-order chi connectivity index (χ0) is 17.1. The second kappa shape index (κ2) is 7.24. The number of esters is 1. The molecular weight excluding hydrogens is 308 g/mol. The van der Waals surface area contributed by atoms with E-state index in [4.69, 9.17) is 14.2 Å². The van der Waals surface area contributed by atoms with Gasteiger partial charge in [-0.1, -0.05) is 0 Å². The van der Waals surface area contributed by atoms with Crippen LogP contribution >= 0.6 is 0 Å². The number of carbonyl (C=O) groups excluding carboxylic acids is 1. The molecule has 1 fully saturated rings. The Hall–Kier alpha value is -1.71. The number of ether oxygens (including phenoxy) is 3.